The van der Waals surface area contributed by atoms with Crippen molar-refractivity contribution < 1.29 is 4.74 Å². The van der Waals surface area contributed by atoms with Crippen LogP contribution in [0.5, 0.6) is 0 Å². The van der Waals surface area contributed by atoms with Gasteiger partial charge < -0.3 is 0 Å². The molecule has 0 aromatic heterocycles. The van der Waals surface area contributed by atoms with Gasteiger partial charge in [-0.15, -0.1) is 0 Å². The van der Waals surface area contributed by atoms with E-state index in [0.29, 0.717) is 0 Å². The molecule has 0 aliphatic carbocycles. The molecule has 1 rings (SSSR count). The minimum atomic E-state index is 0.733. The second kappa shape index (κ2) is 4.18. The van der Waals surface area contributed by atoms with Crippen LogP contribution in [0.15, 0.2) is 18.2 Å². The molecular weight excluding hydrogens is 333 g/mol. The maximum atomic E-state index is 5.06. The van der Waals surface area contributed by atoms with Gasteiger partial charge in [-0.05, 0) is 0 Å². The molecule has 0 saturated carbocycles. The molecule has 0 saturated heterocycles. The molecule has 0 unspecified atom stereocenters. The molecule has 0 N–H and O–H groups in total. The summed E-state index contributed by atoms with van der Waals surface area (Å²) in [6.07, 6.45) is 0. The third kappa shape index (κ3) is 2.54. The van der Waals surface area contributed by atoms with Crippen molar-refractivity contribution in [3.05, 3.63) is 29.3 Å². The van der Waals surface area contributed by atoms with E-state index in [4.69, 9.17) is 4.74 Å². The average molecular weight is 346 g/mol. The van der Waals surface area contributed by atoms with Gasteiger partial charge in [0, 0.05) is 0 Å². The van der Waals surface area contributed by atoms with Gasteiger partial charge in [-0.2, -0.15) is 0 Å². The van der Waals surface area contributed by atoms with E-state index in [2.05, 4.69) is 25.1 Å². The Morgan fingerprint density at radius 1 is 1.45 bits per heavy atom. The number of hydrogen-bond donors (Lipinski definition) is 0. The standard InChI is InChI=1S/C9H11O.Bi.2H/c1-8-5-3-4-6-9(8)7-10-2;;;/h4-6H,7H2,1-2H3;;;. The summed E-state index contributed by atoms with van der Waals surface area (Å²) in [6.45, 7) is 2.87. The SMILES string of the molecule is COCc1cc[c]([BiH2])cc1C. The van der Waals surface area contributed by atoms with Crippen LogP contribution in [0.4, 0.5) is 0 Å². The van der Waals surface area contributed by atoms with Crippen molar-refractivity contribution in [3.8, 4) is 0 Å². The van der Waals surface area contributed by atoms with Crippen LogP contribution in [-0.2, 0) is 11.3 Å². The fraction of sp³-hybridized carbons (Fsp3) is 0.333. The third-order valence-corrected chi connectivity index (χ3v) is 3.06. The van der Waals surface area contributed by atoms with Crippen LogP contribution in [0, 0.1) is 6.92 Å². The Morgan fingerprint density at radius 2 is 2.18 bits per heavy atom. The Hall–Kier alpha value is 0.0631. The van der Waals surface area contributed by atoms with E-state index >= 15 is 0 Å². The topological polar surface area (TPSA) is 9.23 Å². The first-order valence-corrected chi connectivity index (χ1v) is 5.82. The van der Waals surface area contributed by atoms with Crippen LogP contribution < -0.4 is 3.27 Å². The van der Waals surface area contributed by atoms with Crippen LogP contribution in [0.2, 0.25) is 0 Å². The number of methoxy groups -OCH3 is 1. The number of benzene rings is 1. The number of hydrogen-bond acceptors (Lipinski definition) is 1. The van der Waals surface area contributed by atoms with Crippen molar-refractivity contribution >= 4 is 28.0 Å². The van der Waals surface area contributed by atoms with E-state index < -0.39 is 0 Å². The van der Waals surface area contributed by atoms with Gasteiger partial charge in [0.1, 0.15) is 0 Å². The molecule has 0 spiro atoms. The van der Waals surface area contributed by atoms with E-state index in [0.717, 1.165) is 31.3 Å². The van der Waals surface area contributed by atoms with Crippen molar-refractivity contribution in [2.45, 2.75) is 13.5 Å². The van der Waals surface area contributed by atoms with Crippen molar-refractivity contribution in [2.24, 2.45) is 0 Å². The molecule has 0 heterocycles. The fourth-order valence-corrected chi connectivity index (χ4v) is 2.38. The van der Waals surface area contributed by atoms with E-state index in [9.17, 15) is 0 Å². The Balaban J connectivity index is 2.90. The second-order valence-corrected chi connectivity index (χ2v) is 5.21. The van der Waals surface area contributed by atoms with Crippen LogP contribution >= 0.6 is 0 Å². The van der Waals surface area contributed by atoms with Gasteiger partial charge >= 0.3 is 82.7 Å². The van der Waals surface area contributed by atoms with Crippen LogP contribution in [0.1, 0.15) is 11.1 Å². The molecule has 0 aliphatic heterocycles. The van der Waals surface area contributed by atoms with Gasteiger partial charge in [0.05, 0.1) is 0 Å². The number of aryl methyl sites for hydroxylation is 1. The molecule has 1 nitrogen and oxygen atoms in total. The van der Waals surface area contributed by atoms with E-state index in [1.54, 1.807) is 7.11 Å². The molecule has 2 heteroatoms. The maximum absolute atomic E-state index is 5.06. The van der Waals surface area contributed by atoms with Gasteiger partial charge in [0.25, 0.3) is 0 Å². The quantitative estimate of drug-likeness (QED) is 0.705. The zero-order chi connectivity index (χ0) is 8.27. The molecule has 0 atom stereocenters. The van der Waals surface area contributed by atoms with Crippen molar-refractivity contribution in [1.82, 2.24) is 0 Å². The van der Waals surface area contributed by atoms with Crippen molar-refractivity contribution in [2.75, 3.05) is 7.11 Å². The van der Waals surface area contributed by atoms with Crippen molar-refractivity contribution in [3.63, 3.8) is 0 Å². The van der Waals surface area contributed by atoms with Gasteiger partial charge in [0.2, 0.25) is 0 Å². The van der Waals surface area contributed by atoms with Gasteiger partial charge in [-0.3, -0.25) is 0 Å². The minimum absolute atomic E-state index is 0.733. The molecule has 1 aromatic rings. The van der Waals surface area contributed by atoms with Gasteiger partial charge in [-0.25, -0.2) is 0 Å². The molecule has 0 amide bonds. The Bertz CT molecular complexity index is 245. The average Bonchev–Trinajstić information content (AvgIpc) is 1.95. The zero-order valence-corrected chi connectivity index (χ0v) is 11.4. The first kappa shape index (κ1) is 9.15. The predicted molar refractivity (Wildman–Crippen MR) is 50.1 cm³/mol. The van der Waals surface area contributed by atoms with Crippen LogP contribution in [0.25, 0.3) is 0 Å². The predicted octanol–water partition coefficient (Wildman–Crippen LogP) is 0.400. The van der Waals surface area contributed by atoms with Crippen LogP contribution in [-0.4, -0.2) is 31.8 Å². The second-order valence-electron chi connectivity index (χ2n) is 2.62. The zero-order valence-electron chi connectivity index (χ0n) is 6.92. The molecule has 11 heavy (non-hydrogen) atoms. The summed E-state index contributed by atoms with van der Waals surface area (Å²) < 4.78 is 6.54. The molecule has 0 aliphatic rings. The van der Waals surface area contributed by atoms with Crippen LogP contribution in [0.3, 0.4) is 0 Å². The first-order chi connectivity index (χ1) is 5.24. The van der Waals surface area contributed by atoms with E-state index in [-0.39, 0.29) is 0 Å². The Labute approximate surface area is 82.6 Å². The molecular formula is C9H13BiO. The Morgan fingerprint density at radius 3 is 2.73 bits per heavy atom. The number of rotatable bonds is 2. The summed E-state index contributed by atoms with van der Waals surface area (Å²) in [5.41, 5.74) is 2.66. The summed E-state index contributed by atoms with van der Waals surface area (Å²) in [4.78, 5) is 0. The molecule has 0 fully saturated rings. The summed E-state index contributed by atoms with van der Waals surface area (Å²) in [6, 6.07) is 6.60. The normalized spacial score (nSPS) is 10.1. The fourth-order valence-electron chi connectivity index (χ4n) is 1.04. The molecule has 1 aromatic carbocycles. The monoisotopic (exact) mass is 346 g/mol. The van der Waals surface area contributed by atoms with E-state index in [1.807, 2.05) is 0 Å². The summed E-state index contributed by atoms with van der Waals surface area (Å²) in [5, 5.41) is 0. The van der Waals surface area contributed by atoms with Crippen molar-refractivity contribution in [1.29, 1.82) is 0 Å². The summed E-state index contributed by atoms with van der Waals surface area (Å²) in [7, 11) is 1.73. The Kier molecular flexibility index (Phi) is 3.48. The summed E-state index contributed by atoms with van der Waals surface area (Å²) >= 11 is 0.940. The van der Waals surface area contributed by atoms with Gasteiger partial charge in [0.15, 0.2) is 0 Å². The number of ether oxygens (including phenoxy) is 1. The third-order valence-electron chi connectivity index (χ3n) is 1.67. The molecule has 60 valence electrons. The van der Waals surface area contributed by atoms with E-state index in [1.165, 1.54) is 14.4 Å². The molecule has 0 bridgehead atoms. The van der Waals surface area contributed by atoms with Gasteiger partial charge in [-0.1, -0.05) is 0 Å². The summed E-state index contributed by atoms with van der Waals surface area (Å²) in [5.74, 6) is 0. The first-order valence-electron chi connectivity index (χ1n) is 3.58. The molecule has 0 radical (unpaired) electrons.